The summed E-state index contributed by atoms with van der Waals surface area (Å²) in [6.07, 6.45) is 33.0. The van der Waals surface area contributed by atoms with Crippen LogP contribution in [0.2, 0.25) is 0 Å². The number of carbonyl (C=O) groups excluding carboxylic acids is 1. The molecule has 0 saturated carbocycles. The highest BCUT2D eigenvalue weighted by Gasteiger charge is 2.19. The van der Waals surface area contributed by atoms with Crippen LogP contribution in [0.4, 0.5) is 0 Å². The van der Waals surface area contributed by atoms with Gasteiger partial charge in [0, 0.05) is 13.0 Å². The molecule has 0 radical (unpaired) electrons. The van der Waals surface area contributed by atoms with Gasteiger partial charge in [-0.2, -0.15) is 0 Å². The van der Waals surface area contributed by atoms with Crippen LogP contribution in [0.15, 0.2) is 0 Å². The SMILES string of the molecule is CCCCCCCCCCCCCCCC(O)C(CO)NC(=O)CCCCCCCCCCCCCCCO. The van der Waals surface area contributed by atoms with Crippen molar-refractivity contribution >= 4 is 5.91 Å². The van der Waals surface area contributed by atoms with Gasteiger partial charge in [-0.1, -0.05) is 161 Å². The average Bonchev–Trinajstić information content (AvgIpc) is 2.94. The zero-order valence-electron chi connectivity index (χ0n) is 26.1. The Kier molecular flexibility index (Phi) is 31.3. The summed E-state index contributed by atoms with van der Waals surface area (Å²) >= 11 is 0. The van der Waals surface area contributed by atoms with Crippen LogP contribution < -0.4 is 5.32 Å². The molecule has 39 heavy (non-hydrogen) atoms. The highest BCUT2D eigenvalue weighted by Crippen LogP contribution is 2.15. The number of amides is 1. The molecule has 0 aliphatic heterocycles. The van der Waals surface area contributed by atoms with E-state index >= 15 is 0 Å². The molecule has 0 aromatic heterocycles. The van der Waals surface area contributed by atoms with Crippen LogP contribution in [-0.4, -0.2) is 46.6 Å². The predicted molar refractivity (Wildman–Crippen MR) is 167 cm³/mol. The Morgan fingerprint density at radius 2 is 0.897 bits per heavy atom. The molecule has 4 N–H and O–H groups in total. The lowest BCUT2D eigenvalue weighted by Crippen LogP contribution is -2.45. The van der Waals surface area contributed by atoms with Crippen LogP contribution in [0.5, 0.6) is 0 Å². The van der Waals surface area contributed by atoms with Gasteiger partial charge in [-0.15, -0.1) is 0 Å². The molecular weight excluding hydrogens is 486 g/mol. The molecule has 0 aromatic carbocycles. The van der Waals surface area contributed by atoms with Crippen molar-refractivity contribution in [3.05, 3.63) is 0 Å². The molecule has 0 rings (SSSR count). The van der Waals surface area contributed by atoms with E-state index in [4.69, 9.17) is 5.11 Å². The third kappa shape index (κ3) is 28.7. The normalized spacial score (nSPS) is 13.0. The minimum atomic E-state index is -0.660. The van der Waals surface area contributed by atoms with Crippen LogP contribution in [0.3, 0.4) is 0 Å². The van der Waals surface area contributed by atoms with E-state index in [2.05, 4.69) is 12.2 Å². The Hall–Kier alpha value is -0.650. The summed E-state index contributed by atoms with van der Waals surface area (Å²) in [5, 5.41) is 31.7. The van der Waals surface area contributed by atoms with Gasteiger partial charge in [0.25, 0.3) is 0 Å². The lowest BCUT2D eigenvalue weighted by molar-refractivity contribution is -0.123. The van der Waals surface area contributed by atoms with E-state index in [1.807, 2.05) is 0 Å². The Balaban J connectivity index is 3.54. The summed E-state index contributed by atoms with van der Waals surface area (Å²) < 4.78 is 0. The highest BCUT2D eigenvalue weighted by molar-refractivity contribution is 5.76. The van der Waals surface area contributed by atoms with Crippen molar-refractivity contribution < 1.29 is 20.1 Å². The molecular formula is C34H69NO4. The second-order valence-corrected chi connectivity index (χ2v) is 12.0. The molecule has 0 aliphatic rings. The molecule has 0 spiro atoms. The Morgan fingerprint density at radius 3 is 1.28 bits per heavy atom. The number of nitrogens with one attached hydrogen (secondary N) is 1. The fourth-order valence-electron chi connectivity index (χ4n) is 5.46. The predicted octanol–water partition coefficient (Wildman–Crippen LogP) is 8.76. The van der Waals surface area contributed by atoms with E-state index in [-0.39, 0.29) is 12.5 Å². The molecule has 0 heterocycles. The lowest BCUT2D eigenvalue weighted by atomic mass is 10.0. The van der Waals surface area contributed by atoms with Gasteiger partial charge >= 0.3 is 0 Å². The van der Waals surface area contributed by atoms with Gasteiger partial charge in [-0.25, -0.2) is 0 Å². The molecule has 0 aromatic rings. The van der Waals surface area contributed by atoms with Crippen molar-refractivity contribution in [2.45, 2.75) is 199 Å². The molecule has 0 bridgehead atoms. The highest BCUT2D eigenvalue weighted by atomic mass is 16.3. The maximum Gasteiger partial charge on any atom is 0.220 e. The number of unbranched alkanes of at least 4 members (excludes halogenated alkanes) is 24. The molecule has 2 atom stereocenters. The largest absolute Gasteiger partial charge is 0.396 e. The van der Waals surface area contributed by atoms with Crippen LogP contribution in [0.1, 0.15) is 187 Å². The van der Waals surface area contributed by atoms with E-state index in [1.54, 1.807) is 0 Å². The number of hydrogen-bond donors (Lipinski definition) is 4. The summed E-state index contributed by atoms with van der Waals surface area (Å²) in [5.74, 6) is -0.0440. The number of aliphatic hydroxyl groups is 3. The van der Waals surface area contributed by atoms with Gasteiger partial charge in [0.15, 0.2) is 0 Å². The van der Waals surface area contributed by atoms with Crippen LogP contribution >= 0.6 is 0 Å². The van der Waals surface area contributed by atoms with Gasteiger partial charge in [-0.05, 0) is 19.3 Å². The maximum atomic E-state index is 12.3. The quantitative estimate of drug-likeness (QED) is 0.0625. The van der Waals surface area contributed by atoms with Crippen LogP contribution in [0, 0.1) is 0 Å². The van der Waals surface area contributed by atoms with Crippen molar-refractivity contribution in [3.63, 3.8) is 0 Å². The lowest BCUT2D eigenvalue weighted by Gasteiger charge is -2.22. The van der Waals surface area contributed by atoms with Gasteiger partial charge in [-0.3, -0.25) is 4.79 Å². The van der Waals surface area contributed by atoms with Gasteiger partial charge < -0.3 is 20.6 Å². The minimum absolute atomic E-state index is 0.0440. The van der Waals surface area contributed by atoms with E-state index in [0.29, 0.717) is 19.4 Å². The average molecular weight is 556 g/mol. The van der Waals surface area contributed by atoms with E-state index in [0.717, 1.165) is 38.5 Å². The number of rotatable bonds is 32. The van der Waals surface area contributed by atoms with Crippen molar-refractivity contribution in [3.8, 4) is 0 Å². The van der Waals surface area contributed by atoms with E-state index in [1.165, 1.54) is 128 Å². The first-order chi connectivity index (χ1) is 19.2. The summed E-state index contributed by atoms with van der Waals surface area (Å²) in [6.45, 7) is 2.40. The second-order valence-electron chi connectivity index (χ2n) is 12.0. The first-order valence-corrected chi connectivity index (χ1v) is 17.3. The molecule has 1 amide bonds. The smallest absolute Gasteiger partial charge is 0.220 e. The molecule has 234 valence electrons. The molecule has 0 saturated heterocycles. The number of carbonyl (C=O) groups is 1. The zero-order valence-corrected chi connectivity index (χ0v) is 26.1. The fraction of sp³-hybridized carbons (Fsp3) is 0.971. The number of aliphatic hydroxyl groups excluding tert-OH is 3. The summed E-state index contributed by atoms with van der Waals surface area (Å²) in [5.41, 5.74) is 0. The Bertz CT molecular complexity index is 488. The first kappa shape index (κ1) is 38.4. The molecule has 5 heteroatoms. The fourth-order valence-corrected chi connectivity index (χ4v) is 5.46. The van der Waals surface area contributed by atoms with E-state index < -0.39 is 12.1 Å². The summed E-state index contributed by atoms with van der Waals surface area (Å²) in [4.78, 5) is 12.3. The molecule has 0 fully saturated rings. The van der Waals surface area contributed by atoms with Crippen LogP contribution in [-0.2, 0) is 4.79 Å². The van der Waals surface area contributed by atoms with Gasteiger partial charge in [0.2, 0.25) is 5.91 Å². The Labute approximate surface area is 243 Å². The number of hydrogen-bond acceptors (Lipinski definition) is 4. The first-order valence-electron chi connectivity index (χ1n) is 17.3. The standard InChI is InChI=1S/C34H69NO4/c1-2-3-4-5-6-7-8-10-13-16-19-22-25-28-33(38)32(31-37)35-34(39)29-26-23-20-17-14-11-9-12-15-18-21-24-27-30-36/h32-33,36-38H,2-31H2,1H3,(H,35,39). The van der Waals surface area contributed by atoms with E-state index in [9.17, 15) is 15.0 Å². The maximum absolute atomic E-state index is 12.3. The van der Waals surface area contributed by atoms with Crippen LogP contribution in [0.25, 0.3) is 0 Å². The van der Waals surface area contributed by atoms with Crippen molar-refractivity contribution in [1.29, 1.82) is 0 Å². The summed E-state index contributed by atoms with van der Waals surface area (Å²) in [6, 6.07) is -0.537. The molecule has 0 aliphatic carbocycles. The van der Waals surface area contributed by atoms with Crippen molar-refractivity contribution in [1.82, 2.24) is 5.32 Å². The van der Waals surface area contributed by atoms with Gasteiger partial charge in [0.05, 0.1) is 18.8 Å². The third-order valence-corrected chi connectivity index (χ3v) is 8.17. The molecule has 5 nitrogen and oxygen atoms in total. The van der Waals surface area contributed by atoms with Crippen molar-refractivity contribution in [2.24, 2.45) is 0 Å². The summed E-state index contributed by atoms with van der Waals surface area (Å²) in [7, 11) is 0. The molecule has 2 unspecified atom stereocenters. The second kappa shape index (κ2) is 31.9. The van der Waals surface area contributed by atoms with Gasteiger partial charge in [0.1, 0.15) is 0 Å². The van der Waals surface area contributed by atoms with Crippen molar-refractivity contribution in [2.75, 3.05) is 13.2 Å². The third-order valence-electron chi connectivity index (χ3n) is 8.17. The minimum Gasteiger partial charge on any atom is -0.396 e. The topological polar surface area (TPSA) is 89.8 Å². The zero-order chi connectivity index (χ0) is 28.7. The Morgan fingerprint density at radius 1 is 0.538 bits per heavy atom. The monoisotopic (exact) mass is 556 g/mol.